The Morgan fingerprint density at radius 3 is 2.34 bits per heavy atom. The smallest absolute Gasteiger partial charge is 0.322 e. The summed E-state index contributed by atoms with van der Waals surface area (Å²) in [4.78, 5) is 31.5. The summed E-state index contributed by atoms with van der Waals surface area (Å²) in [5, 5.41) is 4.97. The first-order chi connectivity index (χ1) is 17.0. The molecule has 0 spiro atoms. The molecule has 3 amide bonds. The largest absolute Gasteiger partial charge is 0.332 e. The second-order valence-electron chi connectivity index (χ2n) is 9.17. The first-order valence-corrected chi connectivity index (χ1v) is 13.0. The Labute approximate surface area is 210 Å². The zero-order chi connectivity index (χ0) is 24.6. The highest BCUT2D eigenvalue weighted by molar-refractivity contribution is 7.09. The number of carbonyl (C=O) groups excluding carboxylic acids is 2. The van der Waals surface area contributed by atoms with E-state index in [2.05, 4.69) is 5.32 Å². The lowest BCUT2D eigenvalue weighted by Crippen LogP contribution is -2.49. The second kappa shape index (κ2) is 12.0. The second-order valence-corrected chi connectivity index (χ2v) is 10.2. The van der Waals surface area contributed by atoms with Crippen molar-refractivity contribution in [3.63, 3.8) is 0 Å². The van der Waals surface area contributed by atoms with Gasteiger partial charge in [0, 0.05) is 23.2 Å². The van der Waals surface area contributed by atoms with Gasteiger partial charge in [0.2, 0.25) is 5.91 Å². The molecular formula is C28H32FN3O2S. The van der Waals surface area contributed by atoms with E-state index in [4.69, 9.17) is 0 Å². The molecule has 184 valence electrons. The van der Waals surface area contributed by atoms with Crippen molar-refractivity contribution in [2.75, 3.05) is 11.9 Å². The Balaban J connectivity index is 1.52. The highest BCUT2D eigenvalue weighted by Gasteiger charge is 2.29. The van der Waals surface area contributed by atoms with Gasteiger partial charge in [-0.2, -0.15) is 0 Å². The molecule has 1 aromatic heterocycles. The Morgan fingerprint density at radius 2 is 1.69 bits per heavy atom. The summed E-state index contributed by atoms with van der Waals surface area (Å²) in [5.41, 5.74) is 2.69. The van der Waals surface area contributed by atoms with Crippen LogP contribution in [0.3, 0.4) is 0 Å². The molecule has 0 aliphatic heterocycles. The van der Waals surface area contributed by atoms with Crippen molar-refractivity contribution in [2.45, 2.75) is 58.2 Å². The monoisotopic (exact) mass is 493 g/mol. The van der Waals surface area contributed by atoms with Crippen LogP contribution in [0.5, 0.6) is 0 Å². The molecule has 0 radical (unpaired) electrons. The zero-order valence-corrected chi connectivity index (χ0v) is 20.9. The molecule has 1 fully saturated rings. The molecule has 1 heterocycles. The number of aryl methyl sites for hydroxylation is 1. The molecule has 0 unspecified atom stereocenters. The van der Waals surface area contributed by atoms with E-state index in [0.29, 0.717) is 13.1 Å². The van der Waals surface area contributed by atoms with E-state index >= 15 is 0 Å². The van der Waals surface area contributed by atoms with Crippen molar-refractivity contribution in [2.24, 2.45) is 0 Å². The van der Waals surface area contributed by atoms with Gasteiger partial charge in [-0.25, -0.2) is 9.18 Å². The number of benzene rings is 2. The predicted octanol–water partition coefficient (Wildman–Crippen LogP) is 6.59. The molecular weight excluding hydrogens is 461 g/mol. The lowest BCUT2D eigenvalue weighted by molar-refractivity contribution is -0.133. The lowest BCUT2D eigenvalue weighted by atomic mass is 9.94. The van der Waals surface area contributed by atoms with Crippen molar-refractivity contribution in [3.05, 3.63) is 87.9 Å². The van der Waals surface area contributed by atoms with Crippen LogP contribution in [0.4, 0.5) is 14.9 Å². The summed E-state index contributed by atoms with van der Waals surface area (Å²) in [6.07, 6.45) is 5.07. The molecule has 1 N–H and O–H groups in total. The van der Waals surface area contributed by atoms with Crippen LogP contribution < -0.4 is 5.32 Å². The van der Waals surface area contributed by atoms with Crippen molar-refractivity contribution in [1.29, 1.82) is 0 Å². The van der Waals surface area contributed by atoms with Gasteiger partial charge in [0.05, 0.1) is 6.54 Å². The molecule has 4 rings (SSSR count). The minimum atomic E-state index is -0.305. The summed E-state index contributed by atoms with van der Waals surface area (Å²) in [5.74, 6) is -0.423. The van der Waals surface area contributed by atoms with Crippen LogP contribution in [-0.4, -0.2) is 34.3 Å². The van der Waals surface area contributed by atoms with Gasteiger partial charge in [-0.3, -0.25) is 4.79 Å². The Morgan fingerprint density at radius 1 is 0.971 bits per heavy atom. The van der Waals surface area contributed by atoms with E-state index in [0.717, 1.165) is 53.8 Å². The van der Waals surface area contributed by atoms with Gasteiger partial charge in [-0.15, -0.1) is 11.3 Å². The van der Waals surface area contributed by atoms with Crippen molar-refractivity contribution < 1.29 is 14.0 Å². The van der Waals surface area contributed by atoms with E-state index in [-0.39, 0.29) is 30.3 Å². The molecule has 0 bridgehead atoms. The van der Waals surface area contributed by atoms with Crippen LogP contribution in [0.25, 0.3) is 0 Å². The van der Waals surface area contributed by atoms with E-state index in [1.54, 1.807) is 33.3 Å². The SMILES string of the molecule is Cc1ccc(NC(=O)N(CC(=O)N(Cc2ccc(F)cc2)Cc2cccs2)C2CCCCC2)cc1. The minimum absolute atomic E-state index is 0.00886. The number of amides is 3. The molecule has 7 heteroatoms. The number of hydrogen-bond acceptors (Lipinski definition) is 3. The number of halogens is 1. The topological polar surface area (TPSA) is 52.7 Å². The third-order valence-electron chi connectivity index (χ3n) is 6.45. The van der Waals surface area contributed by atoms with Gasteiger partial charge in [0.15, 0.2) is 0 Å². The Kier molecular flexibility index (Phi) is 8.53. The molecule has 35 heavy (non-hydrogen) atoms. The summed E-state index contributed by atoms with van der Waals surface area (Å²) < 4.78 is 13.4. The van der Waals surface area contributed by atoms with Crippen LogP contribution in [0.1, 0.15) is 48.1 Å². The van der Waals surface area contributed by atoms with Crippen molar-refractivity contribution in [3.8, 4) is 0 Å². The molecule has 1 saturated carbocycles. The maximum atomic E-state index is 13.6. The van der Waals surface area contributed by atoms with Crippen LogP contribution in [0.15, 0.2) is 66.0 Å². The van der Waals surface area contributed by atoms with Crippen LogP contribution in [-0.2, 0) is 17.9 Å². The number of urea groups is 1. The van der Waals surface area contributed by atoms with Gasteiger partial charge in [0.1, 0.15) is 12.4 Å². The van der Waals surface area contributed by atoms with Crippen molar-refractivity contribution in [1.82, 2.24) is 9.80 Å². The fourth-order valence-electron chi connectivity index (χ4n) is 4.47. The molecule has 0 saturated heterocycles. The van der Waals surface area contributed by atoms with E-state index in [1.165, 1.54) is 12.1 Å². The summed E-state index contributed by atoms with van der Waals surface area (Å²) in [6, 6.07) is 17.6. The van der Waals surface area contributed by atoms with E-state index in [1.807, 2.05) is 48.7 Å². The van der Waals surface area contributed by atoms with Gasteiger partial charge >= 0.3 is 6.03 Å². The molecule has 5 nitrogen and oxygen atoms in total. The van der Waals surface area contributed by atoms with Gasteiger partial charge in [-0.1, -0.05) is 55.2 Å². The summed E-state index contributed by atoms with van der Waals surface area (Å²) in [7, 11) is 0. The fraction of sp³-hybridized carbons (Fsp3) is 0.357. The molecule has 3 aromatic rings. The Hall–Kier alpha value is -3.19. The predicted molar refractivity (Wildman–Crippen MR) is 139 cm³/mol. The number of thiophene rings is 1. The number of carbonyl (C=O) groups is 2. The lowest BCUT2D eigenvalue weighted by Gasteiger charge is -2.35. The number of nitrogens with one attached hydrogen (secondary N) is 1. The molecule has 2 aromatic carbocycles. The number of anilines is 1. The van der Waals surface area contributed by atoms with Gasteiger partial charge in [-0.05, 0) is 61.0 Å². The third-order valence-corrected chi connectivity index (χ3v) is 7.31. The normalized spacial score (nSPS) is 13.9. The highest BCUT2D eigenvalue weighted by atomic mass is 32.1. The van der Waals surface area contributed by atoms with Crippen LogP contribution in [0, 0.1) is 12.7 Å². The summed E-state index contributed by atoms with van der Waals surface area (Å²) >= 11 is 1.59. The van der Waals surface area contributed by atoms with Gasteiger partial charge in [0.25, 0.3) is 0 Å². The first-order valence-electron chi connectivity index (χ1n) is 12.2. The van der Waals surface area contributed by atoms with Crippen LogP contribution in [0.2, 0.25) is 0 Å². The average molecular weight is 494 g/mol. The number of rotatable bonds is 8. The highest BCUT2D eigenvalue weighted by Crippen LogP contribution is 2.24. The maximum absolute atomic E-state index is 13.6. The first kappa shape index (κ1) is 24.9. The quantitative estimate of drug-likeness (QED) is 0.385. The maximum Gasteiger partial charge on any atom is 0.322 e. The van der Waals surface area contributed by atoms with Crippen molar-refractivity contribution >= 4 is 29.0 Å². The standard InChI is InChI=1S/C28H32FN3O2S/c1-21-9-15-24(16-10-21)30-28(34)32(25-6-3-2-4-7-25)20-27(33)31(19-26-8-5-17-35-26)18-22-11-13-23(29)14-12-22/h5,8-17,25H,2-4,6-7,18-20H2,1H3,(H,30,34). The average Bonchev–Trinajstić information content (AvgIpc) is 3.38. The third kappa shape index (κ3) is 7.15. The number of hydrogen-bond donors (Lipinski definition) is 1. The van der Waals surface area contributed by atoms with Crippen LogP contribution >= 0.6 is 11.3 Å². The molecule has 0 atom stereocenters. The molecule has 1 aliphatic carbocycles. The minimum Gasteiger partial charge on any atom is -0.332 e. The zero-order valence-electron chi connectivity index (χ0n) is 20.1. The summed E-state index contributed by atoms with van der Waals surface area (Å²) in [6.45, 7) is 2.82. The fourth-order valence-corrected chi connectivity index (χ4v) is 5.19. The number of nitrogens with zero attached hydrogens (tertiary/aromatic N) is 2. The Bertz CT molecular complexity index is 1090. The molecule has 1 aliphatic rings. The van der Waals surface area contributed by atoms with E-state index < -0.39 is 0 Å². The van der Waals surface area contributed by atoms with E-state index in [9.17, 15) is 14.0 Å². The van der Waals surface area contributed by atoms with Gasteiger partial charge < -0.3 is 15.1 Å².